The molecule has 0 bridgehead atoms. The molecule has 2 rings (SSSR count). The number of rotatable bonds is 4. The SMILES string of the molecule is Cc1ccc([N+](=O)[O-])c(NCC2CC2)c1. The molecule has 1 aliphatic carbocycles. The lowest BCUT2D eigenvalue weighted by Gasteiger charge is -2.06. The van der Waals surface area contributed by atoms with Crippen molar-refractivity contribution >= 4 is 11.4 Å². The molecule has 0 radical (unpaired) electrons. The molecule has 0 saturated heterocycles. The number of nitro groups is 1. The molecular weight excluding hydrogens is 192 g/mol. The zero-order chi connectivity index (χ0) is 10.8. The molecule has 1 aliphatic rings. The van der Waals surface area contributed by atoms with E-state index < -0.39 is 0 Å². The van der Waals surface area contributed by atoms with Crippen LogP contribution in [0.1, 0.15) is 18.4 Å². The second-order valence-electron chi connectivity index (χ2n) is 4.10. The predicted octanol–water partition coefficient (Wildman–Crippen LogP) is 2.73. The van der Waals surface area contributed by atoms with Crippen LogP contribution >= 0.6 is 0 Å². The number of anilines is 1. The first-order valence-electron chi connectivity index (χ1n) is 5.16. The molecular formula is C11H14N2O2. The fourth-order valence-electron chi connectivity index (χ4n) is 1.53. The number of nitrogens with zero attached hydrogens (tertiary/aromatic N) is 1. The molecule has 0 aliphatic heterocycles. The first-order chi connectivity index (χ1) is 7.16. The average molecular weight is 206 g/mol. The summed E-state index contributed by atoms with van der Waals surface area (Å²) in [6.45, 7) is 2.79. The van der Waals surface area contributed by atoms with Gasteiger partial charge in [-0.05, 0) is 37.3 Å². The summed E-state index contributed by atoms with van der Waals surface area (Å²) in [5.74, 6) is 0.713. The molecule has 0 heterocycles. The molecule has 0 spiro atoms. The summed E-state index contributed by atoms with van der Waals surface area (Å²) >= 11 is 0. The largest absolute Gasteiger partial charge is 0.379 e. The third kappa shape index (κ3) is 2.46. The van der Waals surface area contributed by atoms with Crippen molar-refractivity contribution in [1.82, 2.24) is 0 Å². The van der Waals surface area contributed by atoms with Gasteiger partial charge in [0, 0.05) is 12.6 Å². The molecule has 80 valence electrons. The zero-order valence-electron chi connectivity index (χ0n) is 8.69. The Morgan fingerprint density at radius 3 is 2.87 bits per heavy atom. The topological polar surface area (TPSA) is 55.2 Å². The smallest absolute Gasteiger partial charge is 0.292 e. The van der Waals surface area contributed by atoms with Crippen LogP contribution < -0.4 is 5.32 Å². The Morgan fingerprint density at radius 1 is 1.53 bits per heavy atom. The Balaban J connectivity index is 2.16. The lowest BCUT2D eigenvalue weighted by molar-refractivity contribution is -0.384. The molecule has 0 unspecified atom stereocenters. The number of benzene rings is 1. The summed E-state index contributed by atoms with van der Waals surface area (Å²) in [4.78, 5) is 10.4. The van der Waals surface area contributed by atoms with Gasteiger partial charge >= 0.3 is 0 Å². The van der Waals surface area contributed by atoms with Crippen LogP contribution in [0.5, 0.6) is 0 Å². The van der Waals surface area contributed by atoms with Gasteiger partial charge in [0.25, 0.3) is 5.69 Å². The van der Waals surface area contributed by atoms with E-state index in [4.69, 9.17) is 0 Å². The average Bonchev–Trinajstić information content (AvgIpc) is 2.97. The van der Waals surface area contributed by atoms with Crippen LogP contribution in [0.15, 0.2) is 18.2 Å². The van der Waals surface area contributed by atoms with Gasteiger partial charge in [0.05, 0.1) is 4.92 Å². The second kappa shape index (κ2) is 3.88. The Kier molecular flexibility index (Phi) is 2.58. The number of nitrogens with one attached hydrogen (secondary N) is 1. The van der Waals surface area contributed by atoms with Gasteiger partial charge < -0.3 is 5.32 Å². The van der Waals surface area contributed by atoms with Crippen LogP contribution in [-0.2, 0) is 0 Å². The minimum atomic E-state index is -0.339. The van der Waals surface area contributed by atoms with Gasteiger partial charge in [-0.3, -0.25) is 10.1 Å². The molecule has 1 aromatic carbocycles. The molecule has 0 aromatic heterocycles. The van der Waals surface area contributed by atoms with E-state index in [0.29, 0.717) is 11.6 Å². The minimum Gasteiger partial charge on any atom is -0.379 e. The van der Waals surface area contributed by atoms with Crippen LogP contribution in [-0.4, -0.2) is 11.5 Å². The summed E-state index contributed by atoms with van der Waals surface area (Å²) in [6.07, 6.45) is 2.49. The van der Waals surface area contributed by atoms with Crippen molar-refractivity contribution in [3.63, 3.8) is 0 Å². The number of hydrogen-bond donors (Lipinski definition) is 1. The van der Waals surface area contributed by atoms with Crippen LogP contribution in [0.2, 0.25) is 0 Å². The molecule has 0 atom stereocenters. The molecule has 1 N–H and O–H groups in total. The van der Waals surface area contributed by atoms with Crippen molar-refractivity contribution in [3.8, 4) is 0 Å². The molecule has 1 saturated carbocycles. The molecule has 1 aromatic rings. The van der Waals surface area contributed by atoms with Gasteiger partial charge in [-0.2, -0.15) is 0 Å². The van der Waals surface area contributed by atoms with E-state index in [-0.39, 0.29) is 10.6 Å². The van der Waals surface area contributed by atoms with Gasteiger partial charge in [0.1, 0.15) is 5.69 Å². The van der Waals surface area contributed by atoms with E-state index in [1.54, 1.807) is 12.1 Å². The highest BCUT2D eigenvalue weighted by atomic mass is 16.6. The summed E-state index contributed by atoms with van der Waals surface area (Å²) in [6, 6.07) is 5.16. The predicted molar refractivity (Wildman–Crippen MR) is 59.0 cm³/mol. The van der Waals surface area contributed by atoms with Gasteiger partial charge in [-0.15, -0.1) is 0 Å². The highest BCUT2D eigenvalue weighted by Gasteiger charge is 2.22. The lowest BCUT2D eigenvalue weighted by atomic mass is 10.2. The Hall–Kier alpha value is -1.58. The Morgan fingerprint density at radius 2 is 2.27 bits per heavy atom. The normalized spacial score (nSPS) is 15.0. The number of hydrogen-bond acceptors (Lipinski definition) is 3. The van der Waals surface area contributed by atoms with E-state index in [9.17, 15) is 10.1 Å². The number of nitro benzene ring substituents is 1. The summed E-state index contributed by atoms with van der Waals surface area (Å²) in [5, 5.41) is 13.9. The maximum atomic E-state index is 10.8. The first kappa shape index (κ1) is 9.96. The fourth-order valence-corrected chi connectivity index (χ4v) is 1.53. The monoisotopic (exact) mass is 206 g/mol. The van der Waals surface area contributed by atoms with Crippen molar-refractivity contribution in [1.29, 1.82) is 0 Å². The van der Waals surface area contributed by atoms with E-state index >= 15 is 0 Å². The highest BCUT2D eigenvalue weighted by Crippen LogP contribution is 2.31. The molecule has 4 nitrogen and oxygen atoms in total. The van der Waals surface area contributed by atoms with Crippen molar-refractivity contribution in [3.05, 3.63) is 33.9 Å². The van der Waals surface area contributed by atoms with Gasteiger partial charge in [0.15, 0.2) is 0 Å². The quantitative estimate of drug-likeness (QED) is 0.608. The van der Waals surface area contributed by atoms with Crippen LogP contribution in [0.4, 0.5) is 11.4 Å². The molecule has 4 heteroatoms. The molecule has 15 heavy (non-hydrogen) atoms. The van der Waals surface area contributed by atoms with E-state index in [1.165, 1.54) is 12.8 Å². The van der Waals surface area contributed by atoms with Crippen LogP contribution in [0, 0.1) is 23.0 Å². The van der Waals surface area contributed by atoms with Crippen molar-refractivity contribution < 1.29 is 4.92 Å². The zero-order valence-corrected chi connectivity index (χ0v) is 8.69. The van der Waals surface area contributed by atoms with Crippen molar-refractivity contribution in [2.75, 3.05) is 11.9 Å². The van der Waals surface area contributed by atoms with E-state index in [2.05, 4.69) is 5.32 Å². The van der Waals surface area contributed by atoms with E-state index in [1.807, 2.05) is 13.0 Å². The highest BCUT2D eigenvalue weighted by molar-refractivity contribution is 5.62. The summed E-state index contributed by atoms with van der Waals surface area (Å²) < 4.78 is 0. The maximum Gasteiger partial charge on any atom is 0.292 e. The molecule has 0 amide bonds. The minimum absolute atomic E-state index is 0.168. The Bertz CT molecular complexity index is 386. The summed E-state index contributed by atoms with van der Waals surface area (Å²) in [7, 11) is 0. The van der Waals surface area contributed by atoms with Gasteiger partial charge in [-0.25, -0.2) is 0 Å². The summed E-state index contributed by atoms with van der Waals surface area (Å²) in [5.41, 5.74) is 1.85. The lowest BCUT2D eigenvalue weighted by Crippen LogP contribution is -2.05. The van der Waals surface area contributed by atoms with Crippen LogP contribution in [0.25, 0.3) is 0 Å². The standard InChI is InChI=1S/C11H14N2O2/c1-8-2-5-11(13(14)15)10(6-8)12-7-9-3-4-9/h2,5-6,9,12H,3-4,7H2,1H3. The van der Waals surface area contributed by atoms with E-state index in [0.717, 1.165) is 12.1 Å². The van der Waals surface area contributed by atoms with Crippen molar-refractivity contribution in [2.24, 2.45) is 5.92 Å². The maximum absolute atomic E-state index is 10.8. The molecule has 1 fully saturated rings. The fraction of sp³-hybridized carbons (Fsp3) is 0.455. The second-order valence-corrected chi connectivity index (χ2v) is 4.10. The first-order valence-corrected chi connectivity index (χ1v) is 5.16. The van der Waals surface area contributed by atoms with Crippen molar-refractivity contribution in [2.45, 2.75) is 19.8 Å². The number of aryl methyl sites for hydroxylation is 1. The Labute approximate surface area is 88.5 Å². The van der Waals surface area contributed by atoms with Gasteiger partial charge in [-0.1, -0.05) is 6.07 Å². The third-order valence-electron chi connectivity index (χ3n) is 2.63. The third-order valence-corrected chi connectivity index (χ3v) is 2.63. The van der Waals surface area contributed by atoms with Crippen LogP contribution in [0.3, 0.4) is 0 Å². The van der Waals surface area contributed by atoms with Gasteiger partial charge in [0.2, 0.25) is 0 Å².